The van der Waals surface area contributed by atoms with E-state index >= 15 is 0 Å². The summed E-state index contributed by atoms with van der Waals surface area (Å²) in [6.07, 6.45) is 2.32. The minimum Gasteiger partial charge on any atom is -0.384 e. The van der Waals surface area contributed by atoms with E-state index in [1.807, 2.05) is 12.1 Å². The summed E-state index contributed by atoms with van der Waals surface area (Å²) in [7, 11) is 3.58. The van der Waals surface area contributed by atoms with Crippen molar-refractivity contribution < 1.29 is 9.90 Å². The zero-order valence-corrected chi connectivity index (χ0v) is 16.1. The molecule has 1 saturated heterocycles. The maximum absolute atomic E-state index is 12.1. The number of aliphatic hydroxyl groups is 1. The first-order valence-corrected chi connectivity index (χ1v) is 9.95. The number of amides is 1. The van der Waals surface area contributed by atoms with Crippen molar-refractivity contribution in [1.29, 1.82) is 0 Å². The van der Waals surface area contributed by atoms with Gasteiger partial charge in [-0.15, -0.1) is 22.7 Å². The highest BCUT2D eigenvalue weighted by Gasteiger charge is 2.28. The third kappa shape index (κ3) is 4.31. The van der Waals surface area contributed by atoms with E-state index in [1.54, 1.807) is 41.7 Å². The highest BCUT2D eigenvalue weighted by atomic mass is 32.1. The fraction of sp³-hybridized carbons (Fsp3) is 0.421. The molecule has 3 rings (SSSR count). The van der Waals surface area contributed by atoms with Crippen LogP contribution in [0.5, 0.6) is 0 Å². The summed E-state index contributed by atoms with van der Waals surface area (Å²) in [5.74, 6) is 5.74. The smallest absolute Gasteiger partial charge is 0.263 e. The third-order valence-electron chi connectivity index (χ3n) is 4.25. The lowest BCUT2D eigenvalue weighted by Gasteiger charge is -2.22. The second-order valence-electron chi connectivity index (χ2n) is 6.26. The SMILES string of the molecule is CN(C)C(=O)c1ccc([C@@H]2CCCN2Cc2ccc(C#CCO)s2)s1. The van der Waals surface area contributed by atoms with Gasteiger partial charge in [0.2, 0.25) is 0 Å². The minimum absolute atomic E-state index is 0.0751. The van der Waals surface area contributed by atoms with Crippen molar-refractivity contribution in [1.82, 2.24) is 9.80 Å². The molecular weight excluding hydrogens is 352 g/mol. The molecule has 0 spiro atoms. The number of aliphatic hydroxyl groups excluding tert-OH is 1. The molecule has 0 radical (unpaired) electrons. The fourth-order valence-corrected chi connectivity index (χ4v) is 5.17. The van der Waals surface area contributed by atoms with E-state index in [1.165, 1.54) is 16.2 Å². The lowest BCUT2D eigenvalue weighted by atomic mass is 10.2. The Labute approximate surface area is 156 Å². The molecule has 2 aromatic heterocycles. The van der Waals surface area contributed by atoms with Crippen LogP contribution in [0.3, 0.4) is 0 Å². The van der Waals surface area contributed by atoms with Crippen molar-refractivity contribution in [3.8, 4) is 11.8 Å². The summed E-state index contributed by atoms with van der Waals surface area (Å²) in [5, 5.41) is 8.80. The lowest BCUT2D eigenvalue weighted by Crippen LogP contribution is -2.22. The van der Waals surface area contributed by atoms with E-state index in [2.05, 4.69) is 28.9 Å². The Morgan fingerprint density at radius 1 is 1.32 bits per heavy atom. The Morgan fingerprint density at radius 2 is 2.16 bits per heavy atom. The standard InChI is InChI=1S/C19H22N2O2S2/c1-20(2)19(23)18-10-9-17(25-18)16-6-3-11-21(16)13-15-8-7-14(24-15)5-4-12-22/h7-10,16,22H,3,6,11-13H2,1-2H3/t16-/m0/s1. The molecular formula is C19H22N2O2S2. The van der Waals surface area contributed by atoms with Gasteiger partial charge in [-0.25, -0.2) is 0 Å². The van der Waals surface area contributed by atoms with E-state index in [0.29, 0.717) is 6.04 Å². The average molecular weight is 375 g/mol. The van der Waals surface area contributed by atoms with E-state index in [-0.39, 0.29) is 12.5 Å². The van der Waals surface area contributed by atoms with Crippen LogP contribution in [-0.2, 0) is 6.54 Å². The largest absolute Gasteiger partial charge is 0.384 e. The van der Waals surface area contributed by atoms with Gasteiger partial charge >= 0.3 is 0 Å². The normalized spacial score (nSPS) is 17.3. The molecule has 0 saturated carbocycles. The number of hydrogen-bond donors (Lipinski definition) is 1. The molecule has 1 aliphatic heterocycles. The zero-order chi connectivity index (χ0) is 17.8. The fourth-order valence-electron chi connectivity index (χ4n) is 3.06. The van der Waals surface area contributed by atoms with Crippen LogP contribution < -0.4 is 0 Å². The quantitative estimate of drug-likeness (QED) is 0.836. The summed E-state index contributed by atoms with van der Waals surface area (Å²) >= 11 is 3.30. The molecule has 0 unspecified atom stereocenters. The van der Waals surface area contributed by atoms with Crippen molar-refractivity contribution in [3.63, 3.8) is 0 Å². The lowest BCUT2D eigenvalue weighted by molar-refractivity contribution is 0.0832. The van der Waals surface area contributed by atoms with Gasteiger partial charge in [0.15, 0.2) is 0 Å². The molecule has 0 aromatic carbocycles. The Kier molecular flexibility index (Phi) is 5.92. The monoisotopic (exact) mass is 374 g/mol. The van der Waals surface area contributed by atoms with Gasteiger partial charge in [-0.2, -0.15) is 0 Å². The van der Waals surface area contributed by atoms with Crippen LogP contribution in [0.15, 0.2) is 24.3 Å². The van der Waals surface area contributed by atoms with Crippen LogP contribution in [0.25, 0.3) is 0 Å². The number of nitrogens with zero attached hydrogens (tertiary/aromatic N) is 2. The first kappa shape index (κ1) is 18.2. The van der Waals surface area contributed by atoms with Crippen LogP contribution in [-0.4, -0.2) is 48.1 Å². The predicted octanol–water partition coefficient (Wildman–Crippen LogP) is 3.19. The van der Waals surface area contributed by atoms with Gasteiger partial charge < -0.3 is 10.0 Å². The number of likely N-dealkylation sites (tertiary alicyclic amines) is 1. The first-order chi connectivity index (χ1) is 12.1. The van der Waals surface area contributed by atoms with Crippen molar-refractivity contribution in [2.45, 2.75) is 25.4 Å². The van der Waals surface area contributed by atoms with Gasteiger partial charge in [0.1, 0.15) is 6.61 Å². The number of hydrogen-bond acceptors (Lipinski definition) is 5. The molecule has 2 aromatic rings. The van der Waals surface area contributed by atoms with Crippen molar-refractivity contribution in [3.05, 3.63) is 43.8 Å². The zero-order valence-electron chi connectivity index (χ0n) is 14.5. The maximum atomic E-state index is 12.1. The summed E-state index contributed by atoms with van der Waals surface area (Å²) in [5.41, 5.74) is 0. The highest BCUT2D eigenvalue weighted by molar-refractivity contribution is 7.14. The molecule has 4 nitrogen and oxygen atoms in total. The van der Waals surface area contributed by atoms with E-state index in [9.17, 15) is 4.79 Å². The minimum atomic E-state index is -0.103. The molecule has 1 N–H and O–H groups in total. The van der Waals surface area contributed by atoms with Gasteiger partial charge in [0, 0.05) is 36.4 Å². The van der Waals surface area contributed by atoms with Crippen LogP contribution in [0.1, 0.15) is 43.2 Å². The molecule has 1 amide bonds. The van der Waals surface area contributed by atoms with Gasteiger partial charge in [0.25, 0.3) is 5.91 Å². The number of thiophene rings is 2. The molecule has 3 heterocycles. The molecule has 132 valence electrons. The van der Waals surface area contributed by atoms with Crippen LogP contribution in [0.4, 0.5) is 0 Å². The predicted molar refractivity (Wildman–Crippen MR) is 103 cm³/mol. The summed E-state index contributed by atoms with van der Waals surface area (Å²) in [6, 6.07) is 8.59. The summed E-state index contributed by atoms with van der Waals surface area (Å²) in [4.78, 5) is 20.6. The number of carbonyl (C=O) groups is 1. The van der Waals surface area contributed by atoms with E-state index in [4.69, 9.17) is 5.11 Å². The second kappa shape index (κ2) is 8.15. The van der Waals surface area contributed by atoms with Gasteiger partial charge in [-0.3, -0.25) is 9.69 Å². The Hall–Kier alpha value is -1.65. The number of carbonyl (C=O) groups excluding carboxylic acids is 1. The average Bonchev–Trinajstić information content (AvgIpc) is 3.33. The topological polar surface area (TPSA) is 43.8 Å². The summed E-state index contributed by atoms with van der Waals surface area (Å²) < 4.78 is 0. The van der Waals surface area contributed by atoms with Crippen LogP contribution in [0.2, 0.25) is 0 Å². The Balaban J connectivity index is 1.70. The molecule has 1 atom stereocenters. The second-order valence-corrected chi connectivity index (χ2v) is 8.54. The maximum Gasteiger partial charge on any atom is 0.263 e. The van der Waals surface area contributed by atoms with Gasteiger partial charge in [0.05, 0.1) is 9.75 Å². The Morgan fingerprint density at radius 3 is 2.92 bits per heavy atom. The molecule has 0 aliphatic carbocycles. The van der Waals surface area contributed by atoms with E-state index < -0.39 is 0 Å². The molecule has 6 heteroatoms. The summed E-state index contributed by atoms with van der Waals surface area (Å²) in [6.45, 7) is 1.88. The molecule has 25 heavy (non-hydrogen) atoms. The van der Waals surface area contributed by atoms with Gasteiger partial charge in [-0.05, 0) is 43.7 Å². The molecule has 1 fully saturated rings. The van der Waals surface area contributed by atoms with Crippen molar-refractivity contribution >= 4 is 28.6 Å². The van der Waals surface area contributed by atoms with Crippen LogP contribution in [0, 0.1) is 11.8 Å². The molecule has 1 aliphatic rings. The van der Waals surface area contributed by atoms with Crippen LogP contribution >= 0.6 is 22.7 Å². The first-order valence-electron chi connectivity index (χ1n) is 8.32. The van der Waals surface area contributed by atoms with E-state index in [0.717, 1.165) is 29.3 Å². The van der Waals surface area contributed by atoms with Gasteiger partial charge in [-0.1, -0.05) is 11.8 Å². The third-order valence-corrected chi connectivity index (χ3v) is 6.41. The number of rotatable bonds is 4. The Bertz CT molecular complexity index is 798. The highest BCUT2D eigenvalue weighted by Crippen LogP contribution is 2.37. The van der Waals surface area contributed by atoms with Crippen molar-refractivity contribution in [2.75, 3.05) is 27.2 Å². The molecule has 0 bridgehead atoms. The van der Waals surface area contributed by atoms with Crippen molar-refractivity contribution in [2.24, 2.45) is 0 Å².